The van der Waals surface area contributed by atoms with Crippen LogP contribution in [0.4, 0.5) is 0 Å². The summed E-state index contributed by atoms with van der Waals surface area (Å²) in [5.41, 5.74) is 1.20. The summed E-state index contributed by atoms with van der Waals surface area (Å²) in [5.74, 6) is 0.646. The van der Waals surface area contributed by atoms with Crippen LogP contribution in [-0.2, 0) is 4.79 Å². The molecule has 0 saturated carbocycles. The van der Waals surface area contributed by atoms with E-state index in [4.69, 9.17) is 0 Å². The van der Waals surface area contributed by atoms with Crippen molar-refractivity contribution in [2.75, 3.05) is 6.54 Å². The first kappa shape index (κ1) is 15.5. The van der Waals surface area contributed by atoms with Crippen molar-refractivity contribution in [3.05, 3.63) is 48.0 Å². The molecule has 3 rings (SSSR count). The van der Waals surface area contributed by atoms with Gasteiger partial charge in [-0.1, -0.05) is 62.2 Å². The number of nitrogens with one attached hydrogen (secondary N) is 2. The maximum Gasteiger partial charge on any atom is 0.226 e. The molecule has 4 nitrogen and oxygen atoms in total. The van der Waals surface area contributed by atoms with Gasteiger partial charge in [-0.25, -0.2) is 4.99 Å². The fraction of sp³-hybridized carbons (Fsp3) is 0.368. The summed E-state index contributed by atoms with van der Waals surface area (Å²) in [6, 6.07) is 14.7. The van der Waals surface area contributed by atoms with E-state index >= 15 is 0 Å². The number of carbonyl (C=O) groups excluding carboxylic acids is 1. The van der Waals surface area contributed by atoms with E-state index in [2.05, 4.69) is 52.9 Å². The molecule has 1 amide bonds. The molecule has 0 aromatic heterocycles. The van der Waals surface area contributed by atoms with Crippen LogP contribution >= 0.6 is 0 Å². The Morgan fingerprint density at radius 1 is 1.22 bits per heavy atom. The van der Waals surface area contributed by atoms with Crippen LogP contribution in [-0.4, -0.2) is 18.4 Å². The van der Waals surface area contributed by atoms with Gasteiger partial charge in [-0.05, 0) is 22.8 Å². The second kappa shape index (κ2) is 7.27. The largest absolute Gasteiger partial charge is 0.354 e. The summed E-state index contributed by atoms with van der Waals surface area (Å²) in [6.45, 7) is 2.86. The van der Waals surface area contributed by atoms with Crippen molar-refractivity contribution in [2.24, 2.45) is 4.99 Å². The van der Waals surface area contributed by atoms with Gasteiger partial charge in [0.2, 0.25) is 5.91 Å². The van der Waals surface area contributed by atoms with Gasteiger partial charge in [-0.15, -0.1) is 0 Å². The van der Waals surface area contributed by atoms with Gasteiger partial charge in [-0.3, -0.25) is 10.1 Å². The highest BCUT2D eigenvalue weighted by Gasteiger charge is 2.21. The second-order valence-corrected chi connectivity index (χ2v) is 5.95. The smallest absolute Gasteiger partial charge is 0.226 e. The minimum Gasteiger partial charge on any atom is -0.354 e. The molecule has 0 saturated heterocycles. The first-order chi connectivity index (χ1) is 11.3. The van der Waals surface area contributed by atoms with Crippen molar-refractivity contribution in [1.82, 2.24) is 10.6 Å². The third kappa shape index (κ3) is 3.70. The van der Waals surface area contributed by atoms with Crippen LogP contribution in [0.3, 0.4) is 0 Å². The van der Waals surface area contributed by atoms with Crippen LogP contribution in [0.25, 0.3) is 10.8 Å². The third-order valence-corrected chi connectivity index (χ3v) is 4.20. The van der Waals surface area contributed by atoms with E-state index in [-0.39, 0.29) is 11.9 Å². The molecule has 0 aliphatic carbocycles. The monoisotopic (exact) mass is 309 g/mol. The highest BCUT2D eigenvalue weighted by atomic mass is 16.1. The normalized spacial score (nSPS) is 16.9. The Labute approximate surface area is 137 Å². The number of amides is 1. The lowest BCUT2D eigenvalue weighted by Gasteiger charge is -2.09. The molecule has 4 heteroatoms. The molecule has 1 unspecified atom stereocenters. The van der Waals surface area contributed by atoms with Gasteiger partial charge in [0, 0.05) is 13.0 Å². The van der Waals surface area contributed by atoms with E-state index in [0.717, 1.165) is 25.8 Å². The molecular weight excluding hydrogens is 286 g/mol. The average Bonchev–Trinajstić information content (AvgIpc) is 3.03. The number of nitrogens with zero attached hydrogens (tertiary/aromatic N) is 1. The molecule has 0 radical (unpaired) electrons. The molecular formula is C19H23N3O. The minimum atomic E-state index is 0.0447. The first-order valence-corrected chi connectivity index (χ1v) is 8.37. The van der Waals surface area contributed by atoms with Crippen LogP contribution in [0.5, 0.6) is 0 Å². The minimum absolute atomic E-state index is 0.0447. The van der Waals surface area contributed by atoms with E-state index in [1.165, 1.54) is 16.3 Å². The lowest BCUT2D eigenvalue weighted by atomic mass is 9.99. The van der Waals surface area contributed by atoms with Crippen LogP contribution in [0.1, 0.15) is 44.2 Å². The summed E-state index contributed by atoms with van der Waals surface area (Å²) < 4.78 is 0. The third-order valence-electron chi connectivity index (χ3n) is 4.20. The Hall–Kier alpha value is -2.36. The van der Waals surface area contributed by atoms with Gasteiger partial charge in [0.15, 0.2) is 5.96 Å². The molecule has 120 valence electrons. The summed E-state index contributed by atoms with van der Waals surface area (Å²) in [7, 11) is 0. The fourth-order valence-corrected chi connectivity index (χ4v) is 2.97. The molecule has 2 aromatic rings. The van der Waals surface area contributed by atoms with Crippen molar-refractivity contribution in [3.8, 4) is 0 Å². The predicted octanol–water partition coefficient (Wildman–Crippen LogP) is 3.54. The van der Waals surface area contributed by atoms with Crippen molar-refractivity contribution in [2.45, 2.75) is 38.6 Å². The topological polar surface area (TPSA) is 53.5 Å². The van der Waals surface area contributed by atoms with E-state index in [1.54, 1.807) is 0 Å². The molecule has 2 aromatic carbocycles. The number of rotatable bonds is 5. The van der Waals surface area contributed by atoms with Crippen LogP contribution in [0.2, 0.25) is 0 Å². The van der Waals surface area contributed by atoms with Gasteiger partial charge in [-0.2, -0.15) is 0 Å². The van der Waals surface area contributed by atoms with Gasteiger partial charge >= 0.3 is 0 Å². The van der Waals surface area contributed by atoms with E-state index in [1.807, 2.05) is 12.1 Å². The van der Waals surface area contributed by atoms with Crippen molar-refractivity contribution in [1.29, 1.82) is 0 Å². The Morgan fingerprint density at radius 2 is 2.04 bits per heavy atom. The zero-order chi connectivity index (χ0) is 16.1. The van der Waals surface area contributed by atoms with Gasteiger partial charge in [0.05, 0.1) is 6.04 Å². The number of aliphatic imine (C=N–C) groups is 1. The van der Waals surface area contributed by atoms with Crippen LogP contribution in [0, 0.1) is 0 Å². The zero-order valence-electron chi connectivity index (χ0n) is 13.5. The Bertz CT molecular complexity index is 718. The number of fused-ring (bicyclic) bond motifs is 1. The summed E-state index contributed by atoms with van der Waals surface area (Å²) >= 11 is 0. The highest BCUT2D eigenvalue weighted by molar-refractivity contribution is 5.98. The maximum atomic E-state index is 11.9. The number of carbonyl (C=O) groups is 1. The Balaban J connectivity index is 1.70. The first-order valence-electron chi connectivity index (χ1n) is 8.37. The number of hydrogen-bond donors (Lipinski definition) is 2. The molecule has 23 heavy (non-hydrogen) atoms. The molecule has 1 heterocycles. The SMILES string of the molecule is CCCCCC(=O)NC1=NC(c2cccc3ccccc23)CN1. The Morgan fingerprint density at radius 3 is 2.91 bits per heavy atom. The van der Waals surface area contributed by atoms with Gasteiger partial charge < -0.3 is 5.32 Å². The number of benzene rings is 2. The highest BCUT2D eigenvalue weighted by Crippen LogP contribution is 2.27. The maximum absolute atomic E-state index is 11.9. The van der Waals surface area contributed by atoms with E-state index in [0.29, 0.717) is 12.4 Å². The lowest BCUT2D eigenvalue weighted by molar-refractivity contribution is -0.119. The van der Waals surface area contributed by atoms with Crippen LogP contribution < -0.4 is 10.6 Å². The number of hydrogen-bond acceptors (Lipinski definition) is 3. The summed E-state index contributed by atoms with van der Waals surface area (Å²) in [5, 5.41) is 8.54. The lowest BCUT2D eigenvalue weighted by Crippen LogP contribution is -2.38. The van der Waals surface area contributed by atoms with Crippen molar-refractivity contribution in [3.63, 3.8) is 0 Å². The average molecular weight is 309 g/mol. The summed E-state index contributed by atoms with van der Waals surface area (Å²) in [4.78, 5) is 16.5. The fourth-order valence-electron chi connectivity index (χ4n) is 2.97. The number of guanidine groups is 1. The van der Waals surface area contributed by atoms with Crippen LogP contribution in [0.15, 0.2) is 47.5 Å². The van der Waals surface area contributed by atoms with E-state index in [9.17, 15) is 4.79 Å². The number of unbranched alkanes of at least 4 members (excludes halogenated alkanes) is 2. The van der Waals surface area contributed by atoms with Gasteiger partial charge in [0.25, 0.3) is 0 Å². The second-order valence-electron chi connectivity index (χ2n) is 5.95. The van der Waals surface area contributed by atoms with E-state index < -0.39 is 0 Å². The van der Waals surface area contributed by atoms with Gasteiger partial charge in [0.1, 0.15) is 0 Å². The summed E-state index contributed by atoms with van der Waals surface area (Å²) in [6.07, 6.45) is 3.71. The molecule has 0 spiro atoms. The molecule has 1 atom stereocenters. The zero-order valence-corrected chi connectivity index (χ0v) is 13.5. The Kier molecular flexibility index (Phi) is 4.91. The molecule has 0 bridgehead atoms. The predicted molar refractivity (Wildman–Crippen MR) is 94.4 cm³/mol. The molecule has 0 fully saturated rings. The quantitative estimate of drug-likeness (QED) is 0.830. The van der Waals surface area contributed by atoms with Crippen molar-refractivity contribution < 1.29 is 4.79 Å². The molecule has 1 aliphatic rings. The van der Waals surface area contributed by atoms with Crippen molar-refractivity contribution >= 4 is 22.6 Å². The molecule has 1 aliphatic heterocycles. The molecule has 2 N–H and O–H groups in total. The standard InChI is InChI=1S/C19H23N3O/c1-2-3-4-12-18(23)22-19-20-13-17(21-19)16-11-7-9-14-8-5-6-10-15(14)16/h5-11,17H,2-4,12-13H2,1H3,(H2,20,21,22,23).